The summed E-state index contributed by atoms with van der Waals surface area (Å²) in [5, 5.41) is 9.57. The fourth-order valence-electron chi connectivity index (χ4n) is 0.259. The SMILES string of the molecule is CC(=CC(=O)[O-])C(F)(F)F. The van der Waals surface area contributed by atoms with Crippen LogP contribution in [0.3, 0.4) is 0 Å². The van der Waals surface area contributed by atoms with Gasteiger partial charge in [-0.05, 0) is 13.0 Å². The number of carboxylic acids is 1. The predicted molar refractivity (Wildman–Crippen MR) is 24.8 cm³/mol. The summed E-state index contributed by atoms with van der Waals surface area (Å²) in [6.45, 7) is 0.662. The summed E-state index contributed by atoms with van der Waals surface area (Å²) >= 11 is 0. The van der Waals surface area contributed by atoms with Gasteiger partial charge in [-0.1, -0.05) is 0 Å². The van der Waals surface area contributed by atoms with Gasteiger partial charge in [0, 0.05) is 5.57 Å². The Morgan fingerprint density at radius 2 is 1.90 bits per heavy atom. The number of rotatable bonds is 1. The van der Waals surface area contributed by atoms with Gasteiger partial charge >= 0.3 is 6.18 Å². The maximum atomic E-state index is 11.5. The third-order valence-electron chi connectivity index (χ3n) is 0.781. The van der Waals surface area contributed by atoms with Crippen LogP contribution in [0.4, 0.5) is 13.2 Å². The molecule has 0 N–H and O–H groups in total. The van der Waals surface area contributed by atoms with Crippen LogP contribution in [0.5, 0.6) is 0 Å². The van der Waals surface area contributed by atoms with E-state index in [9.17, 15) is 23.1 Å². The Balaban J connectivity index is 4.35. The summed E-state index contributed by atoms with van der Waals surface area (Å²) in [7, 11) is 0. The van der Waals surface area contributed by atoms with Crippen molar-refractivity contribution in [1.82, 2.24) is 0 Å². The number of halogens is 3. The number of hydrogen-bond donors (Lipinski definition) is 0. The Kier molecular flexibility index (Phi) is 2.45. The van der Waals surface area contributed by atoms with E-state index in [0.29, 0.717) is 6.92 Å². The topological polar surface area (TPSA) is 40.1 Å². The number of hydrogen-bond acceptors (Lipinski definition) is 2. The van der Waals surface area contributed by atoms with E-state index in [1.54, 1.807) is 0 Å². The molecule has 0 aliphatic rings. The third-order valence-corrected chi connectivity index (χ3v) is 0.781. The molecule has 0 saturated heterocycles. The predicted octanol–water partition coefficient (Wildman–Crippen LogP) is 0.245. The smallest absolute Gasteiger partial charge is 0.412 e. The lowest BCUT2D eigenvalue weighted by atomic mass is 10.3. The Morgan fingerprint density at radius 3 is 2.00 bits per heavy atom. The standard InChI is InChI=1S/C5H5F3O2/c1-3(2-4(9)10)5(6,7)8/h2H,1H3,(H,9,10)/p-1. The van der Waals surface area contributed by atoms with E-state index < -0.39 is 17.7 Å². The molecule has 0 bridgehead atoms. The molecule has 0 aliphatic heterocycles. The van der Waals surface area contributed by atoms with E-state index in [-0.39, 0.29) is 6.08 Å². The Bertz CT molecular complexity index is 168. The van der Waals surface area contributed by atoms with Gasteiger partial charge in [0.1, 0.15) is 0 Å². The van der Waals surface area contributed by atoms with Crippen molar-refractivity contribution in [3.63, 3.8) is 0 Å². The van der Waals surface area contributed by atoms with Gasteiger partial charge in [-0.3, -0.25) is 0 Å². The minimum atomic E-state index is -4.57. The van der Waals surface area contributed by atoms with Crippen molar-refractivity contribution in [2.75, 3.05) is 0 Å². The molecule has 0 aromatic heterocycles. The molecule has 0 radical (unpaired) electrons. The Morgan fingerprint density at radius 1 is 1.50 bits per heavy atom. The number of carboxylic acid groups (broad SMARTS) is 1. The van der Waals surface area contributed by atoms with Gasteiger partial charge in [0.25, 0.3) is 0 Å². The summed E-state index contributed by atoms with van der Waals surface area (Å²) in [6.07, 6.45) is -4.56. The summed E-state index contributed by atoms with van der Waals surface area (Å²) < 4.78 is 34.4. The second-order valence-electron chi connectivity index (χ2n) is 1.64. The zero-order valence-electron chi connectivity index (χ0n) is 5.03. The van der Waals surface area contributed by atoms with E-state index in [1.807, 2.05) is 0 Å². The molecule has 0 amide bonds. The van der Waals surface area contributed by atoms with Gasteiger partial charge in [0.05, 0.1) is 5.97 Å². The van der Waals surface area contributed by atoms with E-state index in [4.69, 9.17) is 0 Å². The van der Waals surface area contributed by atoms with Crippen molar-refractivity contribution in [2.45, 2.75) is 13.1 Å². The quantitative estimate of drug-likeness (QED) is 0.506. The van der Waals surface area contributed by atoms with Crippen molar-refractivity contribution in [1.29, 1.82) is 0 Å². The van der Waals surface area contributed by atoms with E-state index in [2.05, 4.69) is 0 Å². The monoisotopic (exact) mass is 153 g/mol. The van der Waals surface area contributed by atoms with Crippen LogP contribution in [0.2, 0.25) is 0 Å². The van der Waals surface area contributed by atoms with E-state index in [0.717, 1.165) is 0 Å². The van der Waals surface area contributed by atoms with Gasteiger partial charge in [0.15, 0.2) is 0 Å². The van der Waals surface area contributed by atoms with Crippen LogP contribution in [0.15, 0.2) is 11.6 Å². The molecule has 0 aliphatic carbocycles. The highest BCUT2D eigenvalue weighted by atomic mass is 19.4. The van der Waals surface area contributed by atoms with Crippen LogP contribution in [0.25, 0.3) is 0 Å². The first-order valence-corrected chi connectivity index (χ1v) is 2.30. The zero-order chi connectivity index (χ0) is 8.36. The number of alkyl halides is 3. The maximum Gasteiger partial charge on any atom is 0.412 e. The highest BCUT2D eigenvalue weighted by Crippen LogP contribution is 2.24. The van der Waals surface area contributed by atoms with Gasteiger partial charge in [0.2, 0.25) is 0 Å². The third kappa shape index (κ3) is 3.11. The minimum absolute atomic E-state index is 0.0139. The fraction of sp³-hybridized carbons (Fsp3) is 0.400. The molecular weight excluding hydrogens is 149 g/mol. The van der Waals surface area contributed by atoms with Crippen molar-refractivity contribution in [2.24, 2.45) is 0 Å². The molecular formula is C5H4F3O2-. The first-order valence-electron chi connectivity index (χ1n) is 2.30. The lowest BCUT2D eigenvalue weighted by Crippen LogP contribution is -2.22. The van der Waals surface area contributed by atoms with Crippen LogP contribution < -0.4 is 5.11 Å². The second-order valence-corrected chi connectivity index (χ2v) is 1.64. The largest absolute Gasteiger partial charge is 0.545 e. The molecule has 0 heterocycles. The Labute approximate surface area is 55.0 Å². The number of carbonyl (C=O) groups is 1. The molecule has 0 aromatic carbocycles. The molecule has 0 unspecified atom stereocenters. The van der Waals surface area contributed by atoms with Gasteiger partial charge in [-0.2, -0.15) is 13.2 Å². The van der Waals surface area contributed by atoms with Crippen LogP contribution in [0.1, 0.15) is 6.92 Å². The lowest BCUT2D eigenvalue weighted by molar-refractivity contribution is -0.297. The van der Waals surface area contributed by atoms with Crippen molar-refractivity contribution < 1.29 is 23.1 Å². The number of allylic oxidation sites excluding steroid dienone is 1. The minimum Gasteiger partial charge on any atom is -0.545 e. The van der Waals surface area contributed by atoms with Gasteiger partial charge < -0.3 is 9.90 Å². The number of carbonyl (C=O) groups excluding carboxylic acids is 1. The molecule has 2 nitrogen and oxygen atoms in total. The van der Waals surface area contributed by atoms with Crippen LogP contribution >= 0.6 is 0 Å². The lowest BCUT2D eigenvalue weighted by Gasteiger charge is -2.05. The van der Waals surface area contributed by atoms with Crippen molar-refractivity contribution >= 4 is 5.97 Å². The van der Waals surface area contributed by atoms with Crippen molar-refractivity contribution in [3.05, 3.63) is 11.6 Å². The highest BCUT2D eigenvalue weighted by molar-refractivity contribution is 5.78. The molecule has 0 spiro atoms. The molecule has 0 saturated carbocycles. The average Bonchev–Trinajstić information content (AvgIpc) is 1.60. The summed E-state index contributed by atoms with van der Waals surface area (Å²) in [5.74, 6) is -1.84. The molecule has 5 heteroatoms. The number of aliphatic carboxylic acids is 1. The second kappa shape index (κ2) is 2.72. The molecule has 0 fully saturated rings. The first kappa shape index (κ1) is 9.00. The van der Waals surface area contributed by atoms with Crippen LogP contribution in [-0.4, -0.2) is 12.1 Å². The summed E-state index contributed by atoms with van der Waals surface area (Å²) in [5.41, 5.74) is -1.17. The van der Waals surface area contributed by atoms with Gasteiger partial charge in [-0.25, -0.2) is 0 Å². The van der Waals surface area contributed by atoms with Crippen LogP contribution in [0, 0.1) is 0 Å². The van der Waals surface area contributed by atoms with E-state index >= 15 is 0 Å². The summed E-state index contributed by atoms with van der Waals surface area (Å²) in [6, 6.07) is 0. The molecule has 0 aromatic rings. The Hall–Kier alpha value is -1.00. The normalized spacial score (nSPS) is 13.4. The highest BCUT2D eigenvalue weighted by Gasteiger charge is 2.29. The molecule has 58 valence electrons. The zero-order valence-corrected chi connectivity index (χ0v) is 5.03. The maximum absolute atomic E-state index is 11.5. The molecule has 10 heavy (non-hydrogen) atoms. The van der Waals surface area contributed by atoms with E-state index in [1.165, 1.54) is 0 Å². The van der Waals surface area contributed by atoms with Crippen molar-refractivity contribution in [3.8, 4) is 0 Å². The molecule has 0 atom stereocenters. The van der Waals surface area contributed by atoms with Crippen LogP contribution in [-0.2, 0) is 4.79 Å². The summed E-state index contributed by atoms with van der Waals surface area (Å²) in [4.78, 5) is 9.57. The molecule has 0 rings (SSSR count). The van der Waals surface area contributed by atoms with Gasteiger partial charge in [-0.15, -0.1) is 0 Å². The average molecular weight is 153 g/mol. The fourth-order valence-corrected chi connectivity index (χ4v) is 0.259. The first-order chi connectivity index (χ1) is 4.34.